The summed E-state index contributed by atoms with van der Waals surface area (Å²) >= 11 is 9.14. The second-order valence-corrected chi connectivity index (χ2v) is 6.71. The molecule has 7 heteroatoms. The summed E-state index contributed by atoms with van der Waals surface area (Å²) in [4.78, 5) is 12.5. The van der Waals surface area contributed by atoms with Crippen LogP contribution in [0.15, 0.2) is 58.1 Å². The molecule has 0 spiro atoms. The zero-order chi connectivity index (χ0) is 18.7. The van der Waals surface area contributed by atoms with Crippen molar-refractivity contribution >= 4 is 50.4 Å². The zero-order valence-electron chi connectivity index (χ0n) is 13.7. The van der Waals surface area contributed by atoms with Crippen LogP contribution in [-0.4, -0.2) is 24.3 Å². The number of amides is 1. The molecule has 132 valence electrons. The van der Waals surface area contributed by atoms with Gasteiger partial charge in [0, 0.05) is 10.6 Å². The number of carbonyl (C=O) groups is 1. The van der Waals surface area contributed by atoms with Crippen molar-refractivity contribution < 1.29 is 14.6 Å². The monoisotopic (exact) mass is 432 g/mol. The maximum absolute atomic E-state index is 12.5. The number of phenols is 1. The Balaban J connectivity index is 1.85. The molecule has 2 N–H and O–H groups in total. The normalized spacial score (nSPS) is 11.0. The van der Waals surface area contributed by atoms with Crippen molar-refractivity contribution in [3.8, 4) is 11.5 Å². The van der Waals surface area contributed by atoms with E-state index in [1.807, 2.05) is 24.3 Å². The van der Waals surface area contributed by atoms with Gasteiger partial charge in [0.25, 0.3) is 5.91 Å². The van der Waals surface area contributed by atoms with E-state index in [1.54, 1.807) is 18.2 Å². The number of hydrogen-bond donors (Lipinski definition) is 2. The molecule has 0 aliphatic heterocycles. The van der Waals surface area contributed by atoms with Gasteiger partial charge in [-0.05, 0) is 51.0 Å². The smallest absolute Gasteiger partial charge is 0.275 e. The SMILES string of the molecule is COc1cc2ccccc2cc1C(=O)N/N=C/c1cc(Cl)cc(Br)c1O. The van der Waals surface area contributed by atoms with Gasteiger partial charge in [-0.25, -0.2) is 5.43 Å². The molecule has 0 radical (unpaired) electrons. The maximum Gasteiger partial charge on any atom is 0.275 e. The molecule has 0 heterocycles. The van der Waals surface area contributed by atoms with Crippen LogP contribution in [0.5, 0.6) is 11.5 Å². The fraction of sp³-hybridized carbons (Fsp3) is 0.0526. The Morgan fingerprint density at radius 1 is 1.23 bits per heavy atom. The molecular formula is C19H14BrClN2O3. The molecule has 0 saturated carbocycles. The minimum absolute atomic E-state index is 0.0179. The quantitative estimate of drug-likeness (QED) is 0.461. The zero-order valence-corrected chi connectivity index (χ0v) is 16.0. The Morgan fingerprint density at radius 2 is 1.92 bits per heavy atom. The third-order valence-electron chi connectivity index (χ3n) is 3.74. The van der Waals surface area contributed by atoms with E-state index in [-0.39, 0.29) is 5.75 Å². The summed E-state index contributed by atoms with van der Waals surface area (Å²) in [6.07, 6.45) is 1.32. The molecule has 0 aromatic heterocycles. The van der Waals surface area contributed by atoms with E-state index < -0.39 is 5.91 Å². The molecule has 3 aromatic carbocycles. The van der Waals surface area contributed by atoms with Crippen molar-refractivity contribution in [2.24, 2.45) is 5.10 Å². The Hall–Kier alpha value is -2.57. The number of aromatic hydroxyl groups is 1. The van der Waals surface area contributed by atoms with Crippen LogP contribution in [-0.2, 0) is 0 Å². The largest absolute Gasteiger partial charge is 0.506 e. The van der Waals surface area contributed by atoms with Gasteiger partial charge in [-0.2, -0.15) is 5.10 Å². The van der Waals surface area contributed by atoms with Crippen molar-refractivity contribution in [2.45, 2.75) is 0 Å². The van der Waals surface area contributed by atoms with Crippen LogP contribution in [0.25, 0.3) is 10.8 Å². The summed E-state index contributed by atoms with van der Waals surface area (Å²) < 4.78 is 5.75. The van der Waals surface area contributed by atoms with Crippen LogP contribution in [0, 0.1) is 0 Å². The van der Waals surface area contributed by atoms with E-state index in [9.17, 15) is 9.90 Å². The highest BCUT2D eigenvalue weighted by Crippen LogP contribution is 2.30. The standard InChI is InChI=1S/C19H14BrClN2O3/c1-26-17-8-12-5-3-2-4-11(12)7-15(17)19(25)23-22-10-13-6-14(21)9-16(20)18(13)24/h2-10,24H,1H3,(H,23,25)/b22-10+. The average molecular weight is 434 g/mol. The number of phenolic OH excluding ortho intramolecular Hbond substituents is 1. The number of halogens is 2. The van der Waals surface area contributed by atoms with E-state index in [4.69, 9.17) is 16.3 Å². The molecule has 0 fully saturated rings. The first kappa shape index (κ1) is 18.2. The number of methoxy groups -OCH3 is 1. The van der Waals surface area contributed by atoms with Crippen LogP contribution < -0.4 is 10.2 Å². The second-order valence-electron chi connectivity index (χ2n) is 5.42. The fourth-order valence-electron chi connectivity index (χ4n) is 2.47. The molecule has 0 aliphatic carbocycles. The number of nitrogens with one attached hydrogen (secondary N) is 1. The lowest BCUT2D eigenvalue weighted by Crippen LogP contribution is -2.18. The van der Waals surface area contributed by atoms with E-state index >= 15 is 0 Å². The van der Waals surface area contributed by atoms with Crippen molar-refractivity contribution in [1.82, 2.24) is 5.43 Å². The summed E-state index contributed by atoms with van der Waals surface area (Å²) in [5.74, 6) is 0.00451. The predicted octanol–water partition coefficient (Wildman–Crippen LogP) is 4.73. The van der Waals surface area contributed by atoms with Crippen LogP contribution in [0.4, 0.5) is 0 Å². The van der Waals surface area contributed by atoms with E-state index in [0.29, 0.717) is 26.4 Å². The summed E-state index contributed by atoms with van der Waals surface area (Å²) in [7, 11) is 1.51. The molecule has 5 nitrogen and oxygen atoms in total. The van der Waals surface area contributed by atoms with E-state index in [0.717, 1.165) is 10.8 Å². The van der Waals surface area contributed by atoms with Gasteiger partial charge in [-0.15, -0.1) is 0 Å². The highest BCUT2D eigenvalue weighted by Gasteiger charge is 2.13. The van der Waals surface area contributed by atoms with Crippen LogP contribution in [0.1, 0.15) is 15.9 Å². The third-order valence-corrected chi connectivity index (χ3v) is 4.56. The van der Waals surface area contributed by atoms with Gasteiger partial charge in [0.15, 0.2) is 0 Å². The number of nitrogens with zero attached hydrogens (tertiary/aromatic N) is 1. The van der Waals surface area contributed by atoms with Crippen molar-refractivity contribution in [1.29, 1.82) is 0 Å². The lowest BCUT2D eigenvalue weighted by Gasteiger charge is -2.09. The Morgan fingerprint density at radius 3 is 2.62 bits per heavy atom. The van der Waals surface area contributed by atoms with Crippen LogP contribution in [0.3, 0.4) is 0 Å². The van der Waals surface area contributed by atoms with Gasteiger partial charge in [0.2, 0.25) is 0 Å². The summed E-state index contributed by atoms with van der Waals surface area (Å²) in [5.41, 5.74) is 3.17. The molecule has 3 aromatic rings. The molecule has 0 unspecified atom stereocenters. The van der Waals surface area contributed by atoms with Crippen molar-refractivity contribution in [2.75, 3.05) is 7.11 Å². The second kappa shape index (κ2) is 7.76. The first-order valence-electron chi connectivity index (χ1n) is 7.58. The Bertz CT molecular complexity index is 1020. The minimum Gasteiger partial charge on any atom is -0.506 e. The first-order valence-corrected chi connectivity index (χ1v) is 8.75. The van der Waals surface area contributed by atoms with E-state index in [1.165, 1.54) is 19.4 Å². The lowest BCUT2D eigenvalue weighted by atomic mass is 10.1. The van der Waals surface area contributed by atoms with Crippen molar-refractivity contribution in [3.63, 3.8) is 0 Å². The van der Waals surface area contributed by atoms with Crippen LogP contribution >= 0.6 is 27.5 Å². The topological polar surface area (TPSA) is 70.9 Å². The van der Waals surface area contributed by atoms with Gasteiger partial charge in [0.1, 0.15) is 11.5 Å². The third kappa shape index (κ3) is 3.81. The van der Waals surface area contributed by atoms with Gasteiger partial charge >= 0.3 is 0 Å². The highest BCUT2D eigenvalue weighted by molar-refractivity contribution is 9.10. The fourth-order valence-corrected chi connectivity index (χ4v) is 3.30. The molecule has 0 aliphatic rings. The highest BCUT2D eigenvalue weighted by atomic mass is 79.9. The number of benzene rings is 3. The Kier molecular flexibility index (Phi) is 5.44. The maximum atomic E-state index is 12.5. The number of ether oxygens (including phenoxy) is 1. The molecular weight excluding hydrogens is 420 g/mol. The summed E-state index contributed by atoms with van der Waals surface area (Å²) in [5, 5.41) is 16.2. The predicted molar refractivity (Wildman–Crippen MR) is 106 cm³/mol. The number of fused-ring (bicyclic) bond motifs is 1. The van der Waals surface area contributed by atoms with Gasteiger partial charge in [-0.3, -0.25) is 4.79 Å². The summed E-state index contributed by atoms with van der Waals surface area (Å²) in [6, 6.07) is 14.3. The van der Waals surface area contributed by atoms with Gasteiger partial charge in [-0.1, -0.05) is 35.9 Å². The molecule has 3 rings (SSSR count). The summed E-state index contributed by atoms with van der Waals surface area (Å²) in [6.45, 7) is 0. The molecule has 0 bridgehead atoms. The molecule has 0 atom stereocenters. The molecule has 1 amide bonds. The Labute approximate surface area is 163 Å². The molecule has 0 saturated heterocycles. The molecule has 26 heavy (non-hydrogen) atoms. The minimum atomic E-state index is -0.426. The lowest BCUT2D eigenvalue weighted by molar-refractivity contribution is 0.0952. The number of carbonyl (C=O) groups excluding carboxylic acids is 1. The van der Waals surface area contributed by atoms with Crippen molar-refractivity contribution in [3.05, 3.63) is 69.2 Å². The number of rotatable bonds is 4. The average Bonchev–Trinajstić information content (AvgIpc) is 2.64. The van der Waals surface area contributed by atoms with Gasteiger partial charge in [0.05, 0.1) is 23.4 Å². The number of hydrazone groups is 1. The number of hydrogen-bond acceptors (Lipinski definition) is 4. The van der Waals surface area contributed by atoms with Crippen LogP contribution in [0.2, 0.25) is 5.02 Å². The van der Waals surface area contributed by atoms with Gasteiger partial charge < -0.3 is 9.84 Å². The van der Waals surface area contributed by atoms with E-state index in [2.05, 4.69) is 26.5 Å². The first-order chi connectivity index (χ1) is 12.5.